The van der Waals surface area contributed by atoms with E-state index >= 15 is 0 Å². The molecule has 0 aromatic rings. The summed E-state index contributed by atoms with van der Waals surface area (Å²) in [6.45, 7) is 2.00. The maximum atomic E-state index is 9.41. The van der Waals surface area contributed by atoms with Crippen LogP contribution in [0.5, 0.6) is 0 Å². The summed E-state index contributed by atoms with van der Waals surface area (Å²) in [6, 6.07) is 0.663. The Balaban J connectivity index is 2.01. The van der Waals surface area contributed by atoms with E-state index in [4.69, 9.17) is 0 Å². The number of hydrogen-bond donors (Lipinski definition) is 2. The summed E-state index contributed by atoms with van der Waals surface area (Å²) in [6.07, 6.45) is 3.18. The van der Waals surface area contributed by atoms with E-state index < -0.39 is 0 Å². The van der Waals surface area contributed by atoms with E-state index in [0.29, 0.717) is 6.04 Å². The largest absolute Gasteiger partial charge is 0.378 e. The molecule has 0 unspecified atom stereocenters. The fraction of sp³-hybridized carbons (Fsp3) is 1.00. The van der Waals surface area contributed by atoms with Gasteiger partial charge in [-0.15, -0.1) is 0 Å². The molecule has 3 heteroatoms. The molecule has 58 valence electrons. The van der Waals surface area contributed by atoms with Crippen molar-refractivity contribution in [1.29, 1.82) is 0 Å². The van der Waals surface area contributed by atoms with Crippen molar-refractivity contribution in [1.82, 2.24) is 10.2 Å². The topological polar surface area (TPSA) is 35.5 Å². The minimum Gasteiger partial charge on any atom is -0.378 e. The highest BCUT2D eigenvalue weighted by atomic mass is 16.3. The highest BCUT2D eigenvalue weighted by Crippen LogP contribution is 2.25. The average Bonchev–Trinajstić information content (AvgIpc) is 2.34. The number of fused-ring (bicyclic) bond motifs is 1. The standard InChI is InChI=1S/C7H14N2O/c10-7-2-1-6-3-4-8-5-9(6)7/h6-8,10H,1-5H2/t6-,7-/m0/s1. The van der Waals surface area contributed by atoms with Crippen LogP contribution in [0, 0.1) is 0 Å². The summed E-state index contributed by atoms with van der Waals surface area (Å²) >= 11 is 0. The number of nitrogens with one attached hydrogen (secondary N) is 1. The van der Waals surface area contributed by atoms with Crippen molar-refractivity contribution in [2.24, 2.45) is 0 Å². The Kier molecular flexibility index (Phi) is 1.64. The molecule has 10 heavy (non-hydrogen) atoms. The number of rotatable bonds is 0. The van der Waals surface area contributed by atoms with Gasteiger partial charge in [-0.1, -0.05) is 0 Å². The molecule has 2 aliphatic rings. The van der Waals surface area contributed by atoms with Gasteiger partial charge in [-0.05, 0) is 25.8 Å². The van der Waals surface area contributed by atoms with Crippen LogP contribution in [0.3, 0.4) is 0 Å². The van der Waals surface area contributed by atoms with Crippen molar-refractivity contribution in [3.63, 3.8) is 0 Å². The number of hydrogen-bond acceptors (Lipinski definition) is 3. The molecule has 2 rings (SSSR count). The van der Waals surface area contributed by atoms with Crippen LogP contribution in [0.15, 0.2) is 0 Å². The second kappa shape index (κ2) is 2.49. The molecule has 2 N–H and O–H groups in total. The van der Waals surface area contributed by atoms with Gasteiger partial charge in [0.2, 0.25) is 0 Å². The smallest absolute Gasteiger partial charge is 0.108 e. The maximum absolute atomic E-state index is 9.41. The second-order valence-electron chi connectivity index (χ2n) is 3.17. The molecular formula is C7H14N2O. The van der Waals surface area contributed by atoms with E-state index in [-0.39, 0.29) is 6.23 Å². The first-order valence-corrected chi connectivity index (χ1v) is 4.02. The summed E-state index contributed by atoms with van der Waals surface area (Å²) in [5.41, 5.74) is 0. The van der Waals surface area contributed by atoms with Gasteiger partial charge in [-0.25, -0.2) is 0 Å². The lowest BCUT2D eigenvalue weighted by molar-refractivity contribution is -0.00115. The van der Waals surface area contributed by atoms with Crippen molar-refractivity contribution in [2.75, 3.05) is 13.2 Å². The van der Waals surface area contributed by atoms with Crippen molar-refractivity contribution >= 4 is 0 Å². The van der Waals surface area contributed by atoms with E-state index in [2.05, 4.69) is 10.2 Å². The van der Waals surface area contributed by atoms with Gasteiger partial charge in [-0.3, -0.25) is 4.90 Å². The molecule has 0 bridgehead atoms. The first-order chi connectivity index (χ1) is 4.88. The number of nitrogens with zero attached hydrogens (tertiary/aromatic N) is 1. The molecule has 0 aliphatic carbocycles. The fourth-order valence-electron chi connectivity index (χ4n) is 1.94. The number of aliphatic hydroxyl groups excluding tert-OH is 1. The van der Waals surface area contributed by atoms with Crippen LogP contribution in [0.25, 0.3) is 0 Å². The summed E-state index contributed by atoms with van der Waals surface area (Å²) in [5, 5.41) is 12.7. The Hall–Kier alpha value is -0.120. The molecule has 2 fully saturated rings. The average molecular weight is 142 g/mol. The molecule has 0 aromatic heterocycles. The third kappa shape index (κ3) is 0.944. The van der Waals surface area contributed by atoms with Gasteiger partial charge in [0.1, 0.15) is 6.23 Å². The van der Waals surface area contributed by atoms with Gasteiger partial charge in [0.25, 0.3) is 0 Å². The van der Waals surface area contributed by atoms with Crippen LogP contribution in [0.1, 0.15) is 19.3 Å². The Morgan fingerprint density at radius 3 is 3.00 bits per heavy atom. The second-order valence-corrected chi connectivity index (χ2v) is 3.17. The Labute approximate surface area is 61.0 Å². The van der Waals surface area contributed by atoms with Gasteiger partial charge >= 0.3 is 0 Å². The third-order valence-electron chi connectivity index (χ3n) is 2.56. The van der Waals surface area contributed by atoms with Crippen molar-refractivity contribution in [3.8, 4) is 0 Å². The van der Waals surface area contributed by atoms with E-state index in [1.54, 1.807) is 0 Å². The predicted octanol–water partition coefficient (Wildman–Crippen LogP) is -0.280. The molecule has 0 aromatic carbocycles. The monoisotopic (exact) mass is 142 g/mol. The minimum atomic E-state index is -0.169. The summed E-state index contributed by atoms with van der Waals surface area (Å²) in [4.78, 5) is 2.16. The van der Waals surface area contributed by atoms with Gasteiger partial charge in [-0.2, -0.15) is 0 Å². The molecule has 3 nitrogen and oxygen atoms in total. The van der Waals surface area contributed by atoms with Crippen molar-refractivity contribution < 1.29 is 5.11 Å². The SMILES string of the molecule is O[C@H]1CC[C@H]2CCNCN21. The van der Waals surface area contributed by atoms with E-state index in [0.717, 1.165) is 19.6 Å². The molecule has 0 radical (unpaired) electrons. The van der Waals surface area contributed by atoms with Gasteiger partial charge in [0, 0.05) is 6.04 Å². The molecule has 2 heterocycles. The molecule has 0 amide bonds. The van der Waals surface area contributed by atoms with Crippen LogP contribution >= 0.6 is 0 Å². The van der Waals surface area contributed by atoms with Crippen LogP contribution in [-0.2, 0) is 0 Å². The lowest BCUT2D eigenvalue weighted by atomic mass is 10.1. The van der Waals surface area contributed by atoms with Crippen LogP contribution in [0.2, 0.25) is 0 Å². The lowest BCUT2D eigenvalue weighted by Gasteiger charge is -2.31. The molecule has 0 spiro atoms. The molecule has 2 aliphatic heterocycles. The summed E-state index contributed by atoms with van der Waals surface area (Å²) in [7, 11) is 0. The normalized spacial score (nSPS) is 41.7. The van der Waals surface area contributed by atoms with Gasteiger partial charge < -0.3 is 10.4 Å². The van der Waals surface area contributed by atoms with Crippen LogP contribution in [-0.4, -0.2) is 35.5 Å². The zero-order valence-corrected chi connectivity index (χ0v) is 6.08. The van der Waals surface area contributed by atoms with Gasteiger partial charge in [0.15, 0.2) is 0 Å². The highest BCUT2D eigenvalue weighted by molar-refractivity contribution is 4.84. The number of aliphatic hydroxyl groups is 1. The third-order valence-corrected chi connectivity index (χ3v) is 2.56. The van der Waals surface area contributed by atoms with Crippen LogP contribution < -0.4 is 5.32 Å². The summed E-state index contributed by atoms with van der Waals surface area (Å²) in [5.74, 6) is 0. The molecule has 2 saturated heterocycles. The zero-order valence-electron chi connectivity index (χ0n) is 6.08. The van der Waals surface area contributed by atoms with E-state index in [1.165, 1.54) is 12.8 Å². The maximum Gasteiger partial charge on any atom is 0.108 e. The van der Waals surface area contributed by atoms with Crippen LogP contribution in [0.4, 0.5) is 0 Å². The fourth-order valence-corrected chi connectivity index (χ4v) is 1.94. The molecular weight excluding hydrogens is 128 g/mol. The quantitative estimate of drug-likeness (QED) is 0.488. The Bertz CT molecular complexity index is 127. The Morgan fingerprint density at radius 2 is 2.20 bits per heavy atom. The van der Waals surface area contributed by atoms with Crippen molar-refractivity contribution in [2.45, 2.75) is 31.5 Å². The van der Waals surface area contributed by atoms with E-state index in [1.807, 2.05) is 0 Å². The minimum absolute atomic E-state index is 0.169. The summed E-state index contributed by atoms with van der Waals surface area (Å²) < 4.78 is 0. The van der Waals surface area contributed by atoms with Gasteiger partial charge in [0.05, 0.1) is 6.67 Å². The highest BCUT2D eigenvalue weighted by Gasteiger charge is 2.33. The molecule has 0 saturated carbocycles. The van der Waals surface area contributed by atoms with Crippen molar-refractivity contribution in [3.05, 3.63) is 0 Å². The molecule has 2 atom stereocenters. The first kappa shape index (κ1) is 6.58. The zero-order chi connectivity index (χ0) is 6.97. The lowest BCUT2D eigenvalue weighted by Crippen LogP contribution is -2.48. The first-order valence-electron chi connectivity index (χ1n) is 4.02. The van der Waals surface area contributed by atoms with E-state index in [9.17, 15) is 5.11 Å². The Morgan fingerprint density at radius 1 is 1.30 bits per heavy atom. The predicted molar refractivity (Wildman–Crippen MR) is 38.4 cm³/mol.